The molecule has 7 atom stereocenters. The smallest absolute Gasteiger partial charge is 0.249 e. The van der Waals surface area contributed by atoms with Crippen molar-refractivity contribution in [3.63, 3.8) is 0 Å². The largest absolute Gasteiger partial charge is 0.394 e. The van der Waals surface area contributed by atoms with Gasteiger partial charge in [0, 0.05) is 29.1 Å². The normalized spacial score (nSPS) is 29.4. The van der Waals surface area contributed by atoms with Crippen LogP contribution in [0.2, 0.25) is 0 Å². The number of carbonyl (C=O) groups excluding carboxylic acids is 3. The third-order valence-corrected chi connectivity index (χ3v) is 9.47. The number of rotatable bonds is 11. The van der Waals surface area contributed by atoms with Gasteiger partial charge in [-0.25, -0.2) is 0 Å². The number of aliphatic hydroxyl groups is 1. The first kappa shape index (κ1) is 31.4. The Morgan fingerprint density at radius 1 is 1.17 bits per heavy atom. The Hall–Kier alpha value is -2.49. The molecule has 0 aliphatic carbocycles. The highest BCUT2D eigenvalue weighted by atomic mass is 79.9. The molecule has 3 amide bonds. The van der Waals surface area contributed by atoms with Crippen molar-refractivity contribution in [1.29, 1.82) is 0 Å². The van der Waals surface area contributed by atoms with Crippen LogP contribution < -0.4 is 4.90 Å². The van der Waals surface area contributed by atoms with Crippen molar-refractivity contribution in [1.82, 2.24) is 9.80 Å². The van der Waals surface area contributed by atoms with Crippen LogP contribution in [0.5, 0.6) is 0 Å². The summed E-state index contributed by atoms with van der Waals surface area (Å²) in [6, 6.07) is 7.74. The van der Waals surface area contributed by atoms with Crippen LogP contribution in [0.15, 0.2) is 55.6 Å². The molecule has 1 N–H and O–H groups in total. The molecular formula is C32H44BrN3O5. The average molecular weight is 631 g/mol. The Morgan fingerprint density at radius 2 is 1.80 bits per heavy atom. The molecule has 3 unspecified atom stereocenters. The van der Waals surface area contributed by atoms with E-state index in [9.17, 15) is 19.5 Å². The highest BCUT2D eigenvalue weighted by Crippen LogP contribution is 2.61. The number of hydrogen-bond donors (Lipinski definition) is 1. The second-order valence-electron chi connectivity index (χ2n) is 12.9. The number of nitrogens with zero attached hydrogens (tertiary/aromatic N) is 3. The Kier molecular flexibility index (Phi) is 9.21. The van der Waals surface area contributed by atoms with E-state index in [1.807, 2.05) is 65.0 Å². The summed E-state index contributed by atoms with van der Waals surface area (Å²) in [5, 5.41) is 10.5. The van der Waals surface area contributed by atoms with Crippen molar-refractivity contribution in [2.45, 2.75) is 81.6 Å². The summed E-state index contributed by atoms with van der Waals surface area (Å²) >= 11 is 3.76. The van der Waals surface area contributed by atoms with Gasteiger partial charge in [0.1, 0.15) is 11.6 Å². The van der Waals surface area contributed by atoms with Gasteiger partial charge < -0.3 is 24.5 Å². The average Bonchev–Trinajstić information content (AvgIpc) is 3.51. The first-order chi connectivity index (χ1) is 19.3. The summed E-state index contributed by atoms with van der Waals surface area (Å²) in [6.07, 6.45) is 3.68. The van der Waals surface area contributed by atoms with Crippen LogP contribution in [0.3, 0.4) is 0 Å². The minimum atomic E-state index is -1.21. The number of hydrogen-bond acceptors (Lipinski definition) is 5. The summed E-state index contributed by atoms with van der Waals surface area (Å²) < 4.78 is 6.73. The SMILES string of the molecule is C=CCN(C(=O)[C@H]1[C@@H]2OC3(CC2Br)C(C(=O)N(CC=C)C(C)(C)C)N([C@@H](CO)CC(C)C)C(=O)[C@H]13)c1ccccc1. The van der Waals surface area contributed by atoms with Gasteiger partial charge in [-0.15, -0.1) is 13.2 Å². The molecule has 1 aromatic carbocycles. The molecule has 3 aliphatic rings. The van der Waals surface area contributed by atoms with Crippen LogP contribution in [0.25, 0.3) is 0 Å². The number of fused-ring (bicyclic) bond motifs is 1. The zero-order valence-corrected chi connectivity index (χ0v) is 26.4. The van der Waals surface area contributed by atoms with Crippen molar-refractivity contribution in [3.8, 4) is 0 Å². The van der Waals surface area contributed by atoms with E-state index >= 15 is 0 Å². The molecule has 1 spiro atoms. The van der Waals surface area contributed by atoms with Crippen LogP contribution >= 0.6 is 15.9 Å². The quantitative estimate of drug-likeness (QED) is 0.293. The highest BCUT2D eigenvalue weighted by Gasteiger charge is 2.77. The van der Waals surface area contributed by atoms with Crippen molar-refractivity contribution in [2.24, 2.45) is 17.8 Å². The van der Waals surface area contributed by atoms with Crippen LogP contribution in [0, 0.1) is 17.8 Å². The lowest BCUT2D eigenvalue weighted by molar-refractivity contribution is -0.154. The van der Waals surface area contributed by atoms with E-state index in [0.29, 0.717) is 25.1 Å². The Bertz CT molecular complexity index is 1170. The fraction of sp³-hybridized carbons (Fsp3) is 0.594. The van der Waals surface area contributed by atoms with Crippen LogP contribution in [-0.4, -0.2) is 86.5 Å². The number of carbonyl (C=O) groups is 3. The van der Waals surface area contributed by atoms with E-state index in [1.165, 1.54) is 0 Å². The fourth-order valence-corrected chi connectivity index (χ4v) is 8.00. The minimum absolute atomic E-state index is 0.167. The number of aliphatic hydroxyl groups excluding tert-OH is 1. The molecule has 41 heavy (non-hydrogen) atoms. The molecule has 224 valence electrons. The molecule has 8 nitrogen and oxygen atoms in total. The summed E-state index contributed by atoms with van der Waals surface area (Å²) in [4.78, 5) is 48.3. The first-order valence-electron chi connectivity index (χ1n) is 14.5. The van der Waals surface area contributed by atoms with E-state index < -0.39 is 41.2 Å². The van der Waals surface area contributed by atoms with Gasteiger partial charge in [0.05, 0.1) is 30.6 Å². The predicted molar refractivity (Wildman–Crippen MR) is 164 cm³/mol. The predicted octanol–water partition coefficient (Wildman–Crippen LogP) is 4.17. The Balaban J connectivity index is 1.86. The standard InChI is InChI=1S/C32H44BrN3O5/c1-8-15-34(21-13-11-10-12-14-21)28(38)24-25-29(39)36(22(19-37)17-20(3)4)27(32(25)18-23(33)26(24)41-32)30(40)35(16-9-2)31(5,6)7/h8-14,20,22-27,37H,1-2,15-19H2,3-7H3/t22-,23?,24-,25+,26-,27?,32?/m1/s1. The summed E-state index contributed by atoms with van der Waals surface area (Å²) in [7, 11) is 0. The second kappa shape index (κ2) is 12.0. The third-order valence-electron chi connectivity index (χ3n) is 8.63. The Morgan fingerprint density at radius 3 is 2.34 bits per heavy atom. The summed E-state index contributed by atoms with van der Waals surface area (Å²) in [5.74, 6) is -2.29. The lowest BCUT2D eigenvalue weighted by Crippen LogP contribution is -2.62. The number of amides is 3. The first-order valence-corrected chi connectivity index (χ1v) is 15.4. The Labute approximate surface area is 252 Å². The number of ether oxygens (including phenoxy) is 1. The van der Waals surface area contributed by atoms with Crippen LogP contribution in [0.1, 0.15) is 47.5 Å². The number of alkyl halides is 1. The maximum atomic E-state index is 14.6. The minimum Gasteiger partial charge on any atom is -0.394 e. The zero-order chi connectivity index (χ0) is 30.3. The van der Waals surface area contributed by atoms with E-state index in [0.717, 1.165) is 0 Å². The maximum absolute atomic E-state index is 14.6. The number of anilines is 1. The third kappa shape index (κ3) is 5.41. The molecule has 2 bridgehead atoms. The van der Waals surface area contributed by atoms with Gasteiger partial charge in [0.2, 0.25) is 17.7 Å². The van der Waals surface area contributed by atoms with Crippen molar-refractivity contribution in [3.05, 3.63) is 55.6 Å². The molecular weight excluding hydrogens is 586 g/mol. The van der Waals surface area contributed by atoms with Crippen molar-refractivity contribution < 1.29 is 24.2 Å². The van der Waals surface area contributed by atoms with Crippen molar-refractivity contribution >= 4 is 39.3 Å². The number of benzene rings is 1. The monoisotopic (exact) mass is 629 g/mol. The lowest BCUT2D eigenvalue weighted by atomic mass is 9.70. The topological polar surface area (TPSA) is 90.4 Å². The maximum Gasteiger partial charge on any atom is 0.249 e. The van der Waals surface area contributed by atoms with Crippen molar-refractivity contribution in [2.75, 3.05) is 24.6 Å². The molecule has 3 fully saturated rings. The number of likely N-dealkylation sites (tertiary alicyclic amines) is 1. The fourth-order valence-electron chi connectivity index (χ4n) is 7.05. The van der Waals surface area contributed by atoms with Gasteiger partial charge in [-0.1, -0.05) is 60.1 Å². The summed E-state index contributed by atoms with van der Waals surface area (Å²) in [5.41, 5.74) is -1.07. The highest BCUT2D eigenvalue weighted by molar-refractivity contribution is 9.09. The molecule has 9 heteroatoms. The van der Waals surface area contributed by atoms with Gasteiger partial charge in [-0.2, -0.15) is 0 Å². The van der Waals surface area contributed by atoms with E-state index in [4.69, 9.17) is 4.74 Å². The zero-order valence-electron chi connectivity index (χ0n) is 24.8. The lowest BCUT2D eigenvalue weighted by Gasteiger charge is -2.43. The van der Waals surface area contributed by atoms with Crippen LogP contribution in [0.4, 0.5) is 5.69 Å². The molecule has 0 aromatic heterocycles. The molecule has 0 saturated carbocycles. The van der Waals surface area contributed by atoms with Gasteiger partial charge in [-0.3, -0.25) is 14.4 Å². The summed E-state index contributed by atoms with van der Waals surface area (Å²) in [6.45, 7) is 17.9. The second-order valence-corrected chi connectivity index (χ2v) is 14.0. The van der Waals surface area contributed by atoms with Gasteiger partial charge in [-0.05, 0) is 51.7 Å². The molecule has 3 aliphatic heterocycles. The van der Waals surface area contributed by atoms with Crippen LogP contribution in [-0.2, 0) is 19.1 Å². The van der Waals surface area contributed by atoms with Gasteiger partial charge >= 0.3 is 0 Å². The molecule has 3 saturated heterocycles. The molecule has 4 rings (SSSR count). The van der Waals surface area contributed by atoms with E-state index in [-0.39, 0.29) is 41.6 Å². The molecule has 0 radical (unpaired) electrons. The molecule has 3 heterocycles. The van der Waals surface area contributed by atoms with Gasteiger partial charge in [0.15, 0.2) is 0 Å². The number of para-hydroxylation sites is 1. The molecule has 1 aromatic rings. The number of halogens is 1. The van der Waals surface area contributed by atoms with Gasteiger partial charge in [0.25, 0.3) is 0 Å². The van der Waals surface area contributed by atoms with E-state index in [1.54, 1.807) is 26.9 Å². The van der Waals surface area contributed by atoms with E-state index in [2.05, 4.69) is 29.1 Å².